The third-order valence-corrected chi connectivity index (χ3v) is 3.15. The van der Waals surface area contributed by atoms with E-state index in [1.165, 1.54) is 6.07 Å². The lowest BCUT2D eigenvalue weighted by Crippen LogP contribution is -2.43. The lowest BCUT2D eigenvalue weighted by molar-refractivity contribution is 0.0538. The molecule has 1 fully saturated rings. The van der Waals surface area contributed by atoms with Crippen LogP contribution in [0.15, 0.2) is 18.2 Å². The van der Waals surface area contributed by atoms with Gasteiger partial charge in [-0.1, -0.05) is 0 Å². The largest absolute Gasteiger partial charge is 0.478 e. The van der Waals surface area contributed by atoms with Crippen LogP contribution in [0.2, 0.25) is 0 Å². The number of nitrogen functional groups attached to an aromatic ring is 1. The van der Waals surface area contributed by atoms with Crippen molar-refractivity contribution in [2.24, 2.45) is 0 Å². The van der Waals surface area contributed by atoms with Crippen molar-refractivity contribution >= 4 is 17.3 Å². The summed E-state index contributed by atoms with van der Waals surface area (Å²) < 4.78 is 5.45. The summed E-state index contributed by atoms with van der Waals surface area (Å²) >= 11 is 0. The van der Waals surface area contributed by atoms with E-state index >= 15 is 0 Å². The summed E-state index contributed by atoms with van der Waals surface area (Å²) in [4.78, 5) is 11.2. The highest BCUT2D eigenvalue weighted by atomic mass is 16.5. The van der Waals surface area contributed by atoms with E-state index in [0.717, 1.165) is 19.4 Å². The maximum atomic E-state index is 11.2. The van der Waals surface area contributed by atoms with Crippen LogP contribution in [-0.4, -0.2) is 29.8 Å². The van der Waals surface area contributed by atoms with Crippen LogP contribution in [0.5, 0.6) is 0 Å². The van der Waals surface area contributed by atoms with Crippen LogP contribution < -0.4 is 11.1 Å². The minimum atomic E-state index is -0.960. The summed E-state index contributed by atoms with van der Waals surface area (Å²) in [5.41, 5.74) is 6.80. The van der Waals surface area contributed by atoms with Crippen molar-refractivity contribution < 1.29 is 14.6 Å². The van der Waals surface area contributed by atoms with Gasteiger partial charge in [0.25, 0.3) is 0 Å². The van der Waals surface area contributed by atoms with Gasteiger partial charge in [-0.2, -0.15) is 0 Å². The molecule has 0 radical (unpaired) electrons. The summed E-state index contributed by atoms with van der Waals surface area (Å²) in [6.45, 7) is 3.36. The SMILES string of the molecule is CC1(Nc2cc(N)ccc2C(=O)O)CCCOC1. The summed E-state index contributed by atoms with van der Waals surface area (Å²) in [6, 6.07) is 4.77. The average molecular weight is 250 g/mol. The lowest BCUT2D eigenvalue weighted by atomic mass is 9.94. The minimum Gasteiger partial charge on any atom is -0.478 e. The molecule has 18 heavy (non-hydrogen) atoms. The van der Waals surface area contributed by atoms with Crippen LogP contribution in [0, 0.1) is 0 Å². The summed E-state index contributed by atoms with van der Waals surface area (Å²) in [5, 5.41) is 12.4. The predicted octanol–water partition coefficient (Wildman–Crippen LogP) is 1.95. The van der Waals surface area contributed by atoms with E-state index in [1.54, 1.807) is 12.1 Å². The smallest absolute Gasteiger partial charge is 0.337 e. The van der Waals surface area contributed by atoms with Crippen LogP contribution in [0.3, 0.4) is 0 Å². The molecule has 1 unspecified atom stereocenters. The molecule has 0 amide bonds. The first-order valence-corrected chi connectivity index (χ1v) is 5.99. The Balaban J connectivity index is 2.26. The molecule has 0 aliphatic carbocycles. The maximum Gasteiger partial charge on any atom is 0.337 e. The molecular weight excluding hydrogens is 232 g/mol. The Kier molecular flexibility index (Phi) is 3.43. The highest BCUT2D eigenvalue weighted by Crippen LogP contribution is 2.27. The monoisotopic (exact) mass is 250 g/mol. The number of aromatic carboxylic acids is 1. The van der Waals surface area contributed by atoms with Gasteiger partial charge in [0.05, 0.1) is 23.4 Å². The number of carbonyl (C=O) groups is 1. The van der Waals surface area contributed by atoms with Crippen molar-refractivity contribution in [3.05, 3.63) is 23.8 Å². The third kappa shape index (κ3) is 2.73. The Bertz CT molecular complexity index is 454. The van der Waals surface area contributed by atoms with Crippen molar-refractivity contribution in [1.29, 1.82) is 0 Å². The number of hydrogen-bond donors (Lipinski definition) is 3. The lowest BCUT2D eigenvalue weighted by Gasteiger charge is -2.35. The molecule has 0 saturated carbocycles. The topological polar surface area (TPSA) is 84.6 Å². The van der Waals surface area contributed by atoms with Crippen molar-refractivity contribution in [1.82, 2.24) is 0 Å². The summed E-state index contributed by atoms with van der Waals surface area (Å²) in [7, 11) is 0. The quantitative estimate of drug-likeness (QED) is 0.714. The molecule has 2 rings (SSSR count). The second-order valence-corrected chi connectivity index (χ2v) is 4.95. The van der Waals surface area contributed by atoms with E-state index in [4.69, 9.17) is 15.6 Å². The average Bonchev–Trinajstić information content (AvgIpc) is 2.28. The van der Waals surface area contributed by atoms with E-state index in [9.17, 15) is 4.79 Å². The van der Waals surface area contributed by atoms with E-state index in [0.29, 0.717) is 18.0 Å². The number of hydrogen-bond acceptors (Lipinski definition) is 4. The number of carboxylic acids is 1. The van der Waals surface area contributed by atoms with Crippen molar-refractivity contribution in [3.8, 4) is 0 Å². The highest BCUT2D eigenvalue weighted by Gasteiger charge is 2.28. The Morgan fingerprint density at radius 1 is 1.56 bits per heavy atom. The Labute approximate surface area is 106 Å². The zero-order chi connectivity index (χ0) is 13.2. The number of rotatable bonds is 3. The van der Waals surface area contributed by atoms with Gasteiger partial charge >= 0.3 is 5.97 Å². The fourth-order valence-corrected chi connectivity index (χ4v) is 2.21. The second kappa shape index (κ2) is 4.86. The van der Waals surface area contributed by atoms with Gasteiger partial charge in [-0.25, -0.2) is 4.79 Å². The van der Waals surface area contributed by atoms with Crippen LogP contribution in [0.1, 0.15) is 30.1 Å². The van der Waals surface area contributed by atoms with Crippen LogP contribution >= 0.6 is 0 Å². The van der Waals surface area contributed by atoms with E-state index in [2.05, 4.69) is 5.32 Å². The molecule has 0 aromatic heterocycles. The second-order valence-electron chi connectivity index (χ2n) is 4.95. The van der Waals surface area contributed by atoms with Crippen molar-refractivity contribution in [3.63, 3.8) is 0 Å². The fourth-order valence-electron chi connectivity index (χ4n) is 2.21. The Morgan fingerprint density at radius 3 is 2.94 bits per heavy atom. The number of anilines is 2. The summed E-state index contributed by atoms with van der Waals surface area (Å²) in [6.07, 6.45) is 1.91. The molecule has 4 N–H and O–H groups in total. The molecule has 1 atom stereocenters. The standard InChI is InChI=1S/C13H18N2O3/c1-13(5-2-6-18-8-13)15-11-7-9(14)3-4-10(11)12(16)17/h3-4,7,15H,2,5-6,8,14H2,1H3,(H,16,17). The molecule has 1 saturated heterocycles. The number of nitrogens with one attached hydrogen (secondary N) is 1. The molecule has 1 aromatic rings. The van der Waals surface area contributed by atoms with Crippen LogP contribution in [0.4, 0.5) is 11.4 Å². The van der Waals surface area contributed by atoms with E-state index in [1.807, 2.05) is 6.92 Å². The predicted molar refractivity (Wildman–Crippen MR) is 69.9 cm³/mol. The zero-order valence-electron chi connectivity index (χ0n) is 10.4. The summed E-state index contributed by atoms with van der Waals surface area (Å²) in [5.74, 6) is -0.960. The van der Waals surface area contributed by atoms with Crippen LogP contribution in [-0.2, 0) is 4.74 Å². The van der Waals surface area contributed by atoms with Gasteiger partial charge < -0.3 is 20.9 Å². The first-order valence-electron chi connectivity index (χ1n) is 5.99. The Morgan fingerprint density at radius 2 is 2.33 bits per heavy atom. The first-order chi connectivity index (χ1) is 8.50. The van der Waals surface area contributed by atoms with E-state index in [-0.39, 0.29) is 11.1 Å². The molecule has 1 heterocycles. The first kappa shape index (κ1) is 12.7. The number of ether oxygens (including phenoxy) is 1. The number of benzene rings is 1. The molecule has 1 aliphatic rings. The van der Waals surface area contributed by atoms with Gasteiger partial charge in [0, 0.05) is 12.3 Å². The molecule has 0 spiro atoms. The van der Waals surface area contributed by atoms with Gasteiger partial charge in [-0.05, 0) is 38.0 Å². The molecular formula is C13H18N2O3. The zero-order valence-corrected chi connectivity index (χ0v) is 10.4. The molecule has 98 valence electrons. The Hall–Kier alpha value is -1.75. The molecule has 1 aliphatic heterocycles. The van der Waals surface area contributed by atoms with Crippen molar-refractivity contribution in [2.75, 3.05) is 24.3 Å². The van der Waals surface area contributed by atoms with Crippen LogP contribution in [0.25, 0.3) is 0 Å². The molecule has 1 aromatic carbocycles. The van der Waals surface area contributed by atoms with Crippen molar-refractivity contribution in [2.45, 2.75) is 25.3 Å². The minimum absolute atomic E-state index is 0.232. The molecule has 0 bridgehead atoms. The molecule has 5 heteroatoms. The highest BCUT2D eigenvalue weighted by molar-refractivity contribution is 5.95. The van der Waals surface area contributed by atoms with Gasteiger partial charge in [-0.3, -0.25) is 0 Å². The normalized spacial score (nSPS) is 23.6. The number of nitrogens with two attached hydrogens (primary N) is 1. The molecule has 5 nitrogen and oxygen atoms in total. The third-order valence-electron chi connectivity index (χ3n) is 3.15. The fraction of sp³-hybridized carbons (Fsp3) is 0.462. The maximum absolute atomic E-state index is 11.2. The van der Waals surface area contributed by atoms with Gasteiger partial charge in [-0.15, -0.1) is 0 Å². The van der Waals surface area contributed by atoms with E-state index < -0.39 is 5.97 Å². The van der Waals surface area contributed by atoms with Gasteiger partial charge in [0.1, 0.15) is 0 Å². The van der Waals surface area contributed by atoms with Gasteiger partial charge in [0.2, 0.25) is 0 Å². The number of carboxylic acid groups (broad SMARTS) is 1. The van der Waals surface area contributed by atoms with Gasteiger partial charge in [0.15, 0.2) is 0 Å².